The topological polar surface area (TPSA) is 121 Å². The number of amides is 2. The molecule has 2 heterocycles. The zero-order valence-electron chi connectivity index (χ0n) is 21.8. The van der Waals surface area contributed by atoms with Crippen LogP contribution in [0.1, 0.15) is 41.6 Å². The number of carbonyl (C=O) groups excluding carboxylic acids is 2. The van der Waals surface area contributed by atoms with Crippen molar-refractivity contribution in [2.45, 2.75) is 57.3 Å². The Hall–Kier alpha value is -3.53. The number of aromatic amines is 1. The summed E-state index contributed by atoms with van der Waals surface area (Å²) >= 11 is 12.6. The molecule has 0 bridgehead atoms. The minimum atomic E-state index is -4.33. The zero-order chi connectivity index (χ0) is 31.5. The van der Waals surface area contributed by atoms with Crippen molar-refractivity contribution < 1.29 is 45.1 Å². The van der Waals surface area contributed by atoms with Crippen molar-refractivity contribution in [3.63, 3.8) is 0 Å². The van der Waals surface area contributed by atoms with Gasteiger partial charge in [-0.25, -0.2) is 8.78 Å². The van der Waals surface area contributed by atoms with Gasteiger partial charge in [-0.3, -0.25) is 9.59 Å². The van der Waals surface area contributed by atoms with Gasteiger partial charge >= 0.3 is 12.6 Å². The first-order valence-electron chi connectivity index (χ1n) is 12.7. The Bertz CT molecular complexity index is 1480. The van der Waals surface area contributed by atoms with Gasteiger partial charge in [0.1, 0.15) is 5.56 Å². The van der Waals surface area contributed by atoms with E-state index in [0.29, 0.717) is 0 Å². The summed E-state index contributed by atoms with van der Waals surface area (Å²) in [5.74, 6) is -4.24. The largest absolute Gasteiger partial charge is 0.471 e. The number of fused-ring (bicyclic) bond motifs is 1. The highest BCUT2D eigenvalue weighted by atomic mass is 35.5. The van der Waals surface area contributed by atoms with Gasteiger partial charge in [0.2, 0.25) is 11.8 Å². The molecule has 234 valence electrons. The lowest BCUT2D eigenvalue weighted by Crippen LogP contribution is -2.40. The van der Waals surface area contributed by atoms with Crippen molar-refractivity contribution in [1.82, 2.24) is 25.6 Å². The Morgan fingerprint density at radius 1 is 1.07 bits per heavy atom. The predicted molar refractivity (Wildman–Crippen MR) is 142 cm³/mol. The molecule has 0 aliphatic heterocycles. The lowest BCUT2D eigenvalue weighted by molar-refractivity contribution is -0.182. The summed E-state index contributed by atoms with van der Waals surface area (Å²) in [7, 11) is 0. The van der Waals surface area contributed by atoms with Crippen molar-refractivity contribution in [3.8, 4) is 5.88 Å². The van der Waals surface area contributed by atoms with E-state index in [4.69, 9.17) is 27.9 Å². The van der Waals surface area contributed by atoms with Crippen molar-refractivity contribution >= 4 is 57.8 Å². The van der Waals surface area contributed by atoms with Crippen LogP contribution >= 0.6 is 23.2 Å². The minimum Gasteiger partial charge on any atom is -0.471 e. The summed E-state index contributed by atoms with van der Waals surface area (Å²) in [6.07, 6.45) is -10.6. The molecule has 4 N–H and O–H groups in total. The Morgan fingerprint density at radius 2 is 1.77 bits per heavy atom. The number of carbonyl (C=O) groups is 2. The summed E-state index contributed by atoms with van der Waals surface area (Å²) in [6, 6.07) is 3.46. The number of imidazole rings is 1. The van der Waals surface area contributed by atoms with Crippen LogP contribution in [0.2, 0.25) is 10.0 Å². The lowest BCUT2D eigenvalue weighted by Gasteiger charge is -2.30. The van der Waals surface area contributed by atoms with Crippen LogP contribution in [0, 0.1) is 5.92 Å². The van der Waals surface area contributed by atoms with Crippen LogP contribution in [-0.2, 0) is 11.3 Å². The molecule has 0 unspecified atom stereocenters. The maximum absolute atomic E-state index is 13.1. The maximum Gasteiger partial charge on any atom is 0.391 e. The summed E-state index contributed by atoms with van der Waals surface area (Å²) in [5.41, 5.74) is 0.136. The van der Waals surface area contributed by atoms with Crippen LogP contribution in [0.15, 0.2) is 18.2 Å². The highest BCUT2D eigenvalue weighted by molar-refractivity contribution is 6.39. The molecule has 1 aliphatic rings. The second-order valence-electron chi connectivity index (χ2n) is 9.60. The second-order valence-corrected chi connectivity index (χ2v) is 10.4. The molecular formula is C25H23Cl2F7N6O3. The van der Waals surface area contributed by atoms with Crippen molar-refractivity contribution in [3.05, 3.63) is 39.4 Å². The van der Waals surface area contributed by atoms with E-state index in [1.807, 2.05) is 5.32 Å². The summed E-state index contributed by atoms with van der Waals surface area (Å²) in [5, 5.41) is 7.49. The molecule has 2 amide bonds. The quantitative estimate of drug-likeness (QED) is 0.188. The van der Waals surface area contributed by atoms with Gasteiger partial charge in [0, 0.05) is 12.6 Å². The molecule has 9 nitrogen and oxygen atoms in total. The first-order chi connectivity index (χ1) is 20.2. The summed E-state index contributed by atoms with van der Waals surface area (Å²) in [6.45, 7) is -1.43. The molecule has 0 spiro atoms. The summed E-state index contributed by atoms with van der Waals surface area (Å²) in [4.78, 5) is 35.4. The van der Waals surface area contributed by atoms with Crippen molar-refractivity contribution in [2.75, 3.05) is 11.9 Å². The number of rotatable bonds is 10. The third-order valence-electron chi connectivity index (χ3n) is 6.62. The average Bonchev–Trinajstić information content (AvgIpc) is 3.34. The van der Waals surface area contributed by atoms with E-state index in [1.54, 1.807) is 0 Å². The average molecular weight is 659 g/mol. The molecule has 3 aromatic rings. The molecule has 1 saturated carbocycles. The van der Waals surface area contributed by atoms with Gasteiger partial charge in [-0.05, 0) is 43.4 Å². The molecule has 0 radical (unpaired) electrons. The number of nitrogens with one attached hydrogen (secondary N) is 4. The van der Waals surface area contributed by atoms with E-state index in [9.17, 15) is 40.3 Å². The van der Waals surface area contributed by atoms with E-state index < -0.39 is 55.3 Å². The van der Waals surface area contributed by atoms with Crippen LogP contribution in [0.25, 0.3) is 11.2 Å². The fourth-order valence-electron chi connectivity index (χ4n) is 4.45. The smallest absolute Gasteiger partial charge is 0.391 e. The molecule has 0 saturated heterocycles. The van der Waals surface area contributed by atoms with E-state index in [2.05, 4.69) is 25.6 Å². The van der Waals surface area contributed by atoms with E-state index >= 15 is 0 Å². The summed E-state index contributed by atoms with van der Waals surface area (Å²) < 4.78 is 94.9. The van der Waals surface area contributed by atoms with Gasteiger partial charge in [-0.15, -0.1) is 0 Å². The first kappa shape index (κ1) is 32.4. The Balaban J connectivity index is 1.57. The normalized spacial score (nSPS) is 17.4. The van der Waals surface area contributed by atoms with Crippen LogP contribution in [0.4, 0.5) is 42.4 Å². The van der Waals surface area contributed by atoms with Crippen LogP contribution in [0.5, 0.6) is 5.88 Å². The molecule has 43 heavy (non-hydrogen) atoms. The highest BCUT2D eigenvalue weighted by Crippen LogP contribution is 2.38. The van der Waals surface area contributed by atoms with E-state index in [1.165, 1.54) is 18.2 Å². The Labute approximate surface area is 248 Å². The Kier molecular flexibility index (Phi) is 10.1. The number of halogens is 9. The predicted octanol–water partition coefficient (Wildman–Crippen LogP) is 6.38. The standard InChI is InChI=1S/C25H23Cl2F7N6O3/c26-14-6-1-10(8-35-22(42)19(30)31)17(27)18(14)38-24-37-15-7-13(23(39-20(15)40-24)43-9-16(28)29)21(41)36-12-4-2-11(3-5-12)25(32,33)34/h1,6-7,11-12,16,19H,2-5,8-9H2,(H,35,42)(H,36,41)(H2,37,38,39,40). The third-order valence-corrected chi connectivity index (χ3v) is 7.37. The van der Waals surface area contributed by atoms with Crippen molar-refractivity contribution in [2.24, 2.45) is 5.92 Å². The van der Waals surface area contributed by atoms with Crippen LogP contribution in [0.3, 0.4) is 0 Å². The van der Waals surface area contributed by atoms with Gasteiger partial charge in [-0.1, -0.05) is 29.3 Å². The van der Waals surface area contributed by atoms with Gasteiger partial charge in [-0.2, -0.15) is 31.9 Å². The van der Waals surface area contributed by atoms with Gasteiger partial charge in [0.05, 0.1) is 27.2 Å². The molecule has 2 aromatic heterocycles. The number of pyridine rings is 1. The minimum absolute atomic E-state index is 0.0251. The molecule has 0 atom stereocenters. The Morgan fingerprint density at radius 3 is 2.40 bits per heavy atom. The first-order valence-corrected chi connectivity index (χ1v) is 13.5. The van der Waals surface area contributed by atoms with Gasteiger partial charge in [0.25, 0.3) is 18.2 Å². The maximum atomic E-state index is 13.1. The fourth-order valence-corrected chi connectivity index (χ4v) is 4.98. The second kappa shape index (κ2) is 13.4. The zero-order valence-corrected chi connectivity index (χ0v) is 23.3. The number of benzene rings is 1. The fraction of sp³-hybridized carbons (Fsp3) is 0.440. The highest BCUT2D eigenvalue weighted by Gasteiger charge is 2.41. The number of alkyl halides is 7. The number of aromatic nitrogens is 3. The van der Waals surface area contributed by atoms with E-state index in [-0.39, 0.29) is 76.2 Å². The van der Waals surface area contributed by atoms with Gasteiger partial charge in [0.15, 0.2) is 12.3 Å². The molecule has 4 rings (SSSR count). The lowest BCUT2D eigenvalue weighted by atomic mass is 9.85. The number of hydrogen-bond acceptors (Lipinski definition) is 6. The number of ether oxygens (including phenoxy) is 1. The molecular weight excluding hydrogens is 636 g/mol. The monoisotopic (exact) mass is 658 g/mol. The third kappa shape index (κ3) is 8.10. The molecule has 18 heteroatoms. The van der Waals surface area contributed by atoms with Gasteiger partial charge < -0.3 is 25.7 Å². The number of hydrogen-bond donors (Lipinski definition) is 4. The van der Waals surface area contributed by atoms with E-state index in [0.717, 1.165) is 0 Å². The number of nitrogens with zero attached hydrogens (tertiary/aromatic N) is 2. The molecule has 1 aromatic carbocycles. The number of H-pyrrole nitrogens is 1. The van der Waals surface area contributed by atoms with Crippen LogP contribution in [-0.4, -0.2) is 58.4 Å². The molecule has 1 fully saturated rings. The SMILES string of the molecule is O=C(NC1CCC(C(F)(F)F)CC1)c1cc2[nH]c(Nc3c(Cl)ccc(CNC(=O)C(F)F)c3Cl)nc2nc1OCC(F)F. The number of anilines is 2. The van der Waals surface area contributed by atoms with Crippen LogP contribution < -0.4 is 20.7 Å². The van der Waals surface area contributed by atoms with Crippen molar-refractivity contribution in [1.29, 1.82) is 0 Å². The molecule has 1 aliphatic carbocycles.